The van der Waals surface area contributed by atoms with Crippen LogP contribution in [-0.4, -0.2) is 25.2 Å². The van der Waals surface area contributed by atoms with Crippen molar-refractivity contribution in [1.29, 1.82) is 0 Å². The minimum absolute atomic E-state index is 0.0520. The largest absolute Gasteiger partial charge is 0.461 e. The second kappa shape index (κ2) is 4.78. The highest BCUT2D eigenvalue weighted by Crippen LogP contribution is 2.26. The van der Waals surface area contributed by atoms with Gasteiger partial charge in [0.05, 0.1) is 5.92 Å². The molecule has 14 heavy (non-hydrogen) atoms. The van der Waals surface area contributed by atoms with Gasteiger partial charge in [0.1, 0.15) is 6.10 Å². The van der Waals surface area contributed by atoms with E-state index in [0.29, 0.717) is 0 Å². The number of piperidine rings is 1. The van der Waals surface area contributed by atoms with Crippen molar-refractivity contribution in [3.63, 3.8) is 0 Å². The van der Waals surface area contributed by atoms with Crippen molar-refractivity contribution in [2.24, 2.45) is 5.92 Å². The van der Waals surface area contributed by atoms with E-state index in [4.69, 9.17) is 4.74 Å². The second-order valence-electron chi connectivity index (χ2n) is 4.39. The summed E-state index contributed by atoms with van der Waals surface area (Å²) in [6.45, 7) is 1.91. The van der Waals surface area contributed by atoms with Crippen molar-refractivity contribution in [3.05, 3.63) is 0 Å². The Kier molecular flexibility index (Phi) is 3.40. The molecule has 2 fully saturated rings. The van der Waals surface area contributed by atoms with Gasteiger partial charge >= 0.3 is 5.97 Å². The Morgan fingerprint density at radius 1 is 1.14 bits per heavy atom. The zero-order valence-corrected chi connectivity index (χ0v) is 8.63. The molecule has 1 saturated heterocycles. The third-order valence-corrected chi connectivity index (χ3v) is 3.22. The van der Waals surface area contributed by atoms with E-state index in [0.717, 1.165) is 38.8 Å². The minimum atomic E-state index is 0.0520. The zero-order chi connectivity index (χ0) is 9.80. The van der Waals surface area contributed by atoms with Crippen LogP contribution in [-0.2, 0) is 9.53 Å². The highest BCUT2D eigenvalue weighted by molar-refractivity contribution is 5.72. The molecule has 3 heteroatoms. The van der Waals surface area contributed by atoms with Crippen molar-refractivity contribution < 1.29 is 9.53 Å². The molecular weight excluding hydrogens is 178 g/mol. The maximum absolute atomic E-state index is 11.7. The van der Waals surface area contributed by atoms with E-state index in [9.17, 15) is 4.79 Å². The van der Waals surface area contributed by atoms with E-state index in [1.807, 2.05) is 0 Å². The van der Waals surface area contributed by atoms with Crippen LogP contribution in [0.15, 0.2) is 0 Å². The third-order valence-electron chi connectivity index (χ3n) is 3.22. The number of carbonyl (C=O) groups is 1. The lowest BCUT2D eigenvalue weighted by atomic mass is 10.1. The Morgan fingerprint density at radius 2 is 1.93 bits per heavy atom. The van der Waals surface area contributed by atoms with Crippen molar-refractivity contribution in [2.75, 3.05) is 13.1 Å². The van der Waals surface area contributed by atoms with Gasteiger partial charge in [-0.05, 0) is 32.2 Å². The van der Waals surface area contributed by atoms with E-state index in [2.05, 4.69) is 5.32 Å². The molecule has 0 aromatic carbocycles. The van der Waals surface area contributed by atoms with E-state index in [1.165, 1.54) is 12.8 Å². The lowest BCUT2D eigenvalue weighted by molar-refractivity contribution is -0.154. The molecule has 1 aliphatic carbocycles. The van der Waals surface area contributed by atoms with E-state index < -0.39 is 0 Å². The van der Waals surface area contributed by atoms with Gasteiger partial charge in [-0.2, -0.15) is 0 Å². The van der Waals surface area contributed by atoms with Gasteiger partial charge in [-0.15, -0.1) is 0 Å². The molecule has 1 saturated carbocycles. The maximum Gasteiger partial charge on any atom is 0.309 e. The lowest BCUT2D eigenvalue weighted by Crippen LogP contribution is -2.37. The lowest BCUT2D eigenvalue weighted by Gasteiger charge is -2.24. The molecule has 2 rings (SSSR count). The van der Waals surface area contributed by atoms with Gasteiger partial charge in [-0.3, -0.25) is 4.79 Å². The molecule has 0 bridgehead atoms. The predicted octanol–water partition coefficient (Wildman–Crippen LogP) is 1.47. The molecule has 1 N–H and O–H groups in total. The molecule has 1 heterocycles. The number of hydrogen-bond acceptors (Lipinski definition) is 3. The summed E-state index contributed by atoms with van der Waals surface area (Å²) in [6, 6.07) is 0. The van der Waals surface area contributed by atoms with Gasteiger partial charge < -0.3 is 10.1 Å². The summed E-state index contributed by atoms with van der Waals surface area (Å²) >= 11 is 0. The van der Waals surface area contributed by atoms with Crippen LogP contribution < -0.4 is 5.32 Å². The van der Waals surface area contributed by atoms with Crippen LogP contribution in [0, 0.1) is 5.92 Å². The molecule has 0 amide bonds. The first-order valence-electron chi connectivity index (χ1n) is 5.77. The summed E-state index contributed by atoms with van der Waals surface area (Å²) in [5.41, 5.74) is 0. The van der Waals surface area contributed by atoms with Crippen LogP contribution in [0.1, 0.15) is 38.5 Å². The molecular formula is C11H19NO2. The highest BCUT2D eigenvalue weighted by Gasteiger charge is 2.26. The molecule has 1 unspecified atom stereocenters. The van der Waals surface area contributed by atoms with Gasteiger partial charge in [-0.25, -0.2) is 0 Å². The fourth-order valence-electron chi connectivity index (χ4n) is 2.34. The molecule has 0 spiro atoms. The molecule has 2 aliphatic rings. The van der Waals surface area contributed by atoms with Gasteiger partial charge in [-0.1, -0.05) is 12.8 Å². The van der Waals surface area contributed by atoms with Crippen molar-refractivity contribution >= 4 is 5.97 Å². The minimum Gasteiger partial charge on any atom is -0.461 e. The van der Waals surface area contributed by atoms with Crippen LogP contribution >= 0.6 is 0 Å². The first kappa shape index (κ1) is 9.97. The number of ether oxygens (including phenoxy) is 1. The van der Waals surface area contributed by atoms with Crippen LogP contribution in [0.4, 0.5) is 0 Å². The summed E-state index contributed by atoms with van der Waals surface area (Å²) in [7, 11) is 0. The number of carbonyl (C=O) groups excluding carboxylic acids is 1. The van der Waals surface area contributed by atoms with Crippen LogP contribution in [0.2, 0.25) is 0 Å². The third kappa shape index (κ3) is 2.47. The molecule has 0 aromatic heterocycles. The van der Waals surface area contributed by atoms with Crippen LogP contribution in [0.25, 0.3) is 0 Å². The van der Waals surface area contributed by atoms with Gasteiger partial charge in [0.25, 0.3) is 0 Å². The molecule has 1 atom stereocenters. The fourth-order valence-corrected chi connectivity index (χ4v) is 2.34. The highest BCUT2D eigenvalue weighted by atomic mass is 16.5. The molecule has 80 valence electrons. The first-order chi connectivity index (χ1) is 6.86. The smallest absolute Gasteiger partial charge is 0.309 e. The van der Waals surface area contributed by atoms with Crippen molar-refractivity contribution in [3.8, 4) is 0 Å². The van der Waals surface area contributed by atoms with Crippen LogP contribution in [0.3, 0.4) is 0 Å². The monoisotopic (exact) mass is 197 g/mol. The number of esters is 1. The normalized spacial score (nSPS) is 29.0. The Bertz CT molecular complexity index is 193. The average Bonchev–Trinajstić information content (AvgIpc) is 2.72. The Morgan fingerprint density at radius 3 is 2.57 bits per heavy atom. The number of hydrogen-bond donors (Lipinski definition) is 1. The molecule has 0 aromatic rings. The summed E-state index contributed by atoms with van der Waals surface area (Å²) < 4.78 is 5.47. The molecule has 1 aliphatic heterocycles. The average molecular weight is 197 g/mol. The van der Waals surface area contributed by atoms with Crippen molar-refractivity contribution in [1.82, 2.24) is 5.32 Å². The SMILES string of the molecule is O=C(OC1CCCNC1)C1CCCC1. The number of rotatable bonds is 2. The first-order valence-corrected chi connectivity index (χ1v) is 5.77. The fraction of sp³-hybridized carbons (Fsp3) is 0.909. The summed E-state index contributed by atoms with van der Waals surface area (Å²) in [5.74, 6) is 0.258. The van der Waals surface area contributed by atoms with E-state index in [-0.39, 0.29) is 18.0 Å². The number of nitrogens with one attached hydrogen (secondary N) is 1. The molecule has 0 radical (unpaired) electrons. The van der Waals surface area contributed by atoms with Crippen molar-refractivity contribution in [2.45, 2.75) is 44.6 Å². The summed E-state index contributed by atoms with van der Waals surface area (Å²) in [6.07, 6.45) is 6.77. The predicted molar refractivity (Wildman–Crippen MR) is 53.9 cm³/mol. The Hall–Kier alpha value is -0.570. The zero-order valence-electron chi connectivity index (χ0n) is 8.63. The van der Waals surface area contributed by atoms with E-state index in [1.54, 1.807) is 0 Å². The summed E-state index contributed by atoms with van der Waals surface area (Å²) in [4.78, 5) is 11.7. The molecule has 3 nitrogen and oxygen atoms in total. The second-order valence-corrected chi connectivity index (χ2v) is 4.39. The Labute approximate surface area is 85.2 Å². The quantitative estimate of drug-likeness (QED) is 0.681. The van der Waals surface area contributed by atoms with Gasteiger partial charge in [0.15, 0.2) is 0 Å². The maximum atomic E-state index is 11.7. The Balaban J connectivity index is 1.75. The standard InChI is InChI=1S/C11H19NO2/c13-11(9-4-1-2-5-9)14-10-6-3-7-12-8-10/h9-10,12H,1-8H2. The van der Waals surface area contributed by atoms with Gasteiger partial charge in [0.2, 0.25) is 0 Å². The van der Waals surface area contributed by atoms with Gasteiger partial charge in [0, 0.05) is 6.54 Å². The summed E-state index contributed by atoms with van der Waals surface area (Å²) in [5, 5.41) is 3.25. The topological polar surface area (TPSA) is 38.3 Å². The van der Waals surface area contributed by atoms with E-state index >= 15 is 0 Å². The van der Waals surface area contributed by atoms with Crippen LogP contribution in [0.5, 0.6) is 0 Å².